The highest BCUT2D eigenvalue weighted by molar-refractivity contribution is 5.77. The summed E-state index contributed by atoms with van der Waals surface area (Å²) in [7, 11) is 0. The fraction of sp³-hybridized carbons (Fsp3) is 0.100. The highest BCUT2D eigenvalue weighted by atomic mass is 16.1. The van der Waals surface area contributed by atoms with Gasteiger partial charge in [-0.1, -0.05) is 12.0 Å². The van der Waals surface area contributed by atoms with Gasteiger partial charge in [0.05, 0.1) is 0 Å². The van der Waals surface area contributed by atoms with Crippen LogP contribution in [0.2, 0.25) is 0 Å². The molecule has 1 aromatic carbocycles. The molecule has 0 aliphatic carbocycles. The summed E-state index contributed by atoms with van der Waals surface area (Å²) in [4.78, 5) is 10.4. The summed E-state index contributed by atoms with van der Waals surface area (Å²) in [5, 5.41) is 0. The molecule has 0 bridgehead atoms. The Morgan fingerprint density at radius 2 is 2.27 bits per heavy atom. The van der Waals surface area contributed by atoms with E-state index in [1.165, 1.54) is 0 Å². The molecular weight excluding hydrogens is 136 g/mol. The smallest absolute Gasteiger partial charge is 0.150 e. The van der Waals surface area contributed by atoms with E-state index < -0.39 is 0 Å². The van der Waals surface area contributed by atoms with Gasteiger partial charge in [0.2, 0.25) is 0 Å². The first kappa shape index (κ1) is 7.56. The lowest BCUT2D eigenvalue weighted by atomic mass is 10.1. The van der Waals surface area contributed by atoms with Crippen LogP contribution in [0.25, 0.3) is 0 Å². The standard InChI is InChI=1S/C10H8O/c1-3-9-4-5-10(7-11)8(2)6-9/h1,4-7H,2H3. The average Bonchev–Trinajstić information content (AvgIpc) is 2.04. The number of hydrogen-bond donors (Lipinski definition) is 0. The fourth-order valence-electron chi connectivity index (χ4n) is 0.898. The number of carbonyl (C=O) groups is 1. The number of benzene rings is 1. The zero-order valence-electron chi connectivity index (χ0n) is 6.29. The first-order valence-electron chi connectivity index (χ1n) is 3.30. The molecule has 1 heteroatoms. The molecule has 0 N–H and O–H groups in total. The van der Waals surface area contributed by atoms with Crippen LogP contribution in [-0.2, 0) is 0 Å². The van der Waals surface area contributed by atoms with Gasteiger partial charge in [-0.15, -0.1) is 6.42 Å². The van der Waals surface area contributed by atoms with Gasteiger partial charge in [0.25, 0.3) is 0 Å². The van der Waals surface area contributed by atoms with E-state index in [9.17, 15) is 4.79 Å². The number of aldehydes is 1. The van der Waals surface area contributed by atoms with Crippen LogP contribution in [0.5, 0.6) is 0 Å². The minimum atomic E-state index is 0.698. The topological polar surface area (TPSA) is 17.1 Å². The number of hydrogen-bond acceptors (Lipinski definition) is 1. The van der Waals surface area contributed by atoms with Crippen molar-refractivity contribution in [3.8, 4) is 12.3 Å². The van der Waals surface area contributed by atoms with Crippen molar-refractivity contribution in [2.45, 2.75) is 6.92 Å². The summed E-state index contributed by atoms with van der Waals surface area (Å²) in [6, 6.07) is 5.32. The quantitative estimate of drug-likeness (QED) is 0.434. The van der Waals surface area contributed by atoms with Crippen LogP contribution in [0, 0.1) is 19.3 Å². The molecule has 0 heterocycles. The highest BCUT2D eigenvalue weighted by Crippen LogP contribution is 2.07. The van der Waals surface area contributed by atoms with Gasteiger partial charge in [-0.05, 0) is 24.6 Å². The van der Waals surface area contributed by atoms with Crippen molar-refractivity contribution in [3.05, 3.63) is 34.9 Å². The second-order valence-corrected chi connectivity index (χ2v) is 2.33. The summed E-state index contributed by atoms with van der Waals surface area (Å²) in [5.41, 5.74) is 2.44. The van der Waals surface area contributed by atoms with E-state index in [1.54, 1.807) is 12.1 Å². The molecule has 1 aromatic rings. The lowest BCUT2D eigenvalue weighted by molar-refractivity contribution is 0.112. The van der Waals surface area contributed by atoms with Gasteiger partial charge in [-0.2, -0.15) is 0 Å². The molecule has 0 fully saturated rings. The second-order valence-electron chi connectivity index (χ2n) is 2.33. The van der Waals surface area contributed by atoms with Gasteiger partial charge >= 0.3 is 0 Å². The summed E-state index contributed by atoms with van der Waals surface area (Å²) in [6.45, 7) is 1.87. The van der Waals surface area contributed by atoms with E-state index in [-0.39, 0.29) is 0 Å². The molecule has 0 aromatic heterocycles. The number of aryl methyl sites for hydroxylation is 1. The minimum Gasteiger partial charge on any atom is -0.298 e. The summed E-state index contributed by atoms with van der Waals surface area (Å²) >= 11 is 0. The van der Waals surface area contributed by atoms with Crippen LogP contribution in [0.4, 0.5) is 0 Å². The Labute approximate surface area is 66.1 Å². The Morgan fingerprint density at radius 1 is 1.55 bits per heavy atom. The molecule has 0 aliphatic heterocycles. The third-order valence-corrected chi connectivity index (χ3v) is 1.56. The van der Waals surface area contributed by atoms with E-state index in [1.807, 2.05) is 13.0 Å². The molecule has 0 aliphatic rings. The zero-order chi connectivity index (χ0) is 8.27. The molecule has 11 heavy (non-hydrogen) atoms. The molecule has 54 valence electrons. The van der Waals surface area contributed by atoms with Crippen LogP contribution in [0.15, 0.2) is 18.2 Å². The number of terminal acetylenes is 1. The van der Waals surface area contributed by atoms with Crippen molar-refractivity contribution < 1.29 is 4.79 Å². The number of rotatable bonds is 1. The molecule has 0 saturated heterocycles. The van der Waals surface area contributed by atoms with Crippen molar-refractivity contribution in [3.63, 3.8) is 0 Å². The van der Waals surface area contributed by atoms with Gasteiger partial charge < -0.3 is 0 Å². The molecule has 0 amide bonds. The predicted molar refractivity (Wildman–Crippen MR) is 44.5 cm³/mol. The van der Waals surface area contributed by atoms with Gasteiger partial charge in [-0.25, -0.2) is 0 Å². The monoisotopic (exact) mass is 144 g/mol. The van der Waals surface area contributed by atoms with Crippen LogP contribution >= 0.6 is 0 Å². The Kier molecular flexibility index (Phi) is 2.08. The average molecular weight is 144 g/mol. The Hall–Kier alpha value is -1.55. The molecule has 1 nitrogen and oxygen atoms in total. The van der Waals surface area contributed by atoms with E-state index in [4.69, 9.17) is 6.42 Å². The third kappa shape index (κ3) is 1.47. The van der Waals surface area contributed by atoms with E-state index in [0.717, 1.165) is 17.4 Å². The third-order valence-electron chi connectivity index (χ3n) is 1.56. The highest BCUT2D eigenvalue weighted by Gasteiger charge is 1.95. The van der Waals surface area contributed by atoms with Gasteiger partial charge in [0, 0.05) is 11.1 Å². The molecular formula is C10H8O. The maximum atomic E-state index is 10.4. The molecule has 0 spiro atoms. The van der Waals surface area contributed by atoms with Crippen molar-refractivity contribution >= 4 is 6.29 Å². The van der Waals surface area contributed by atoms with Crippen LogP contribution in [-0.4, -0.2) is 6.29 Å². The zero-order valence-corrected chi connectivity index (χ0v) is 6.29. The molecule has 0 atom stereocenters. The number of carbonyl (C=O) groups excluding carboxylic acids is 1. The second kappa shape index (κ2) is 3.03. The van der Waals surface area contributed by atoms with Crippen molar-refractivity contribution in [2.75, 3.05) is 0 Å². The lowest BCUT2D eigenvalue weighted by Gasteiger charge is -1.97. The van der Waals surface area contributed by atoms with Crippen molar-refractivity contribution in [2.24, 2.45) is 0 Å². The predicted octanol–water partition coefficient (Wildman–Crippen LogP) is 1.79. The SMILES string of the molecule is C#Cc1ccc(C=O)c(C)c1. The first-order valence-corrected chi connectivity index (χ1v) is 3.30. The Balaban J connectivity index is 3.22. The van der Waals surface area contributed by atoms with Crippen molar-refractivity contribution in [1.82, 2.24) is 0 Å². The van der Waals surface area contributed by atoms with Crippen LogP contribution in [0.3, 0.4) is 0 Å². The van der Waals surface area contributed by atoms with Gasteiger partial charge in [0.1, 0.15) is 6.29 Å². The van der Waals surface area contributed by atoms with Crippen LogP contribution < -0.4 is 0 Å². The van der Waals surface area contributed by atoms with E-state index >= 15 is 0 Å². The Morgan fingerprint density at radius 3 is 2.73 bits per heavy atom. The largest absolute Gasteiger partial charge is 0.298 e. The summed E-state index contributed by atoms with van der Waals surface area (Å²) in [6.07, 6.45) is 6.00. The molecule has 1 rings (SSSR count). The fourth-order valence-corrected chi connectivity index (χ4v) is 0.898. The molecule has 0 radical (unpaired) electrons. The van der Waals surface area contributed by atoms with Gasteiger partial charge in [-0.3, -0.25) is 4.79 Å². The maximum absolute atomic E-state index is 10.4. The van der Waals surface area contributed by atoms with E-state index in [0.29, 0.717) is 5.56 Å². The molecule has 0 saturated carbocycles. The van der Waals surface area contributed by atoms with Gasteiger partial charge in [0.15, 0.2) is 0 Å². The first-order chi connectivity index (χ1) is 5.27. The minimum absolute atomic E-state index is 0.698. The Bertz CT molecular complexity index is 318. The molecule has 0 unspecified atom stereocenters. The summed E-state index contributed by atoms with van der Waals surface area (Å²) in [5.74, 6) is 2.50. The van der Waals surface area contributed by atoms with Crippen LogP contribution in [0.1, 0.15) is 21.5 Å². The van der Waals surface area contributed by atoms with E-state index in [2.05, 4.69) is 5.92 Å². The lowest BCUT2D eigenvalue weighted by Crippen LogP contribution is -1.86. The maximum Gasteiger partial charge on any atom is 0.150 e. The summed E-state index contributed by atoms with van der Waals surface area (Å²) < 4.78 is 0. The van der Waals surface area contributed by atoms with Crippen molar-refractivity contribution in [1.29, 1.82) is 0 Å². The normalized spacial score (nSPS) is 8.73.